The molecular weight excluding hydrogens is 631 g/mol. The Morgan fingerprint density at radius 1 is 0.978 bits per heavy atom. The fraction of sp³-hybridized carbons (Fsp3) is 0.548. The molecule has 1 aromatic carbocycles. The maximum absolute atomic E-state index is 12.6. The molecule has 0 radical (unpaired) electrons. The quantitative estimate of drug-likeness (QED) is 0.120. The first kappa shape index (κ1) is 33.5. The number of thioether (sulfide) groups is 1. The van der Waals surface area contributed by atoms with Crippen molar-refractivity contribution in [1.29, 1.82) is 0 Å². The lowest BCUT2D eigenvalue weighted by Crippen LogP contribution is -2.42. The van der Waals surface area contributed by atoms with Gasteiger partial charge < -0.3 is 31.7 Å². The van der Waals surface area contributed by atoms with E-state index in [9.17, 15) is 29.1 Å². The maximum Gasteiger partial charge on any atom is 0.407 e. The van der Waals surface area contributed by atoms with Crippen LogP contribution in [0.1, 0.15) is 64.2 Å². The predicted octanol–water partition coefficient (Wildman–Crippen LogP) is 4.23. The highest BCUT2D eigenvalue weighted by Gasteiger charge is 2.42. The fourth-order valence-corrected chi connectivity index (χ4v) is 8.31. The van der Waals surface area contributed by atoms with Gasteiger partial charge in [0.25, 0.3) is 0 Å². The van der Waals surface area contributed by atoms with Gasteiger partial charge in [-0.05, 0) is 50.7 Å². The van der Waals surface area contributed by atoms with Gasteiger partial charge in [-0.1, -0.05) is 25.0 Å². The van der Waals surface area contributed by atoms with Crippen molar-refractivity contribution in [3.8, 4) is 11.3 Å². The number of likely N-dealkylation sites (tertiary alicyclic amines) is 1. The van der Waals surface area contributed by atoms with E-state index in [1.165, 1.54) is 11.3 Å². The van der Waals surface area contributed by atoms with Crippen LogP contribution in [0.25, 0.3) is 11.3 Å². The van der Waals surface area contributed by atoms with E-state index >= 15 is 0 Å². The number of rotatable bonds is 15. The predicted molar refractivity (Wildman–Crippen MR) is 178 cm³/mol. The number of unbranched alkanes of at least 4 members (excludes halogenated alkanes) is 3. The first-order chi connectivity index (χ1) is 22.3. The van der Waals surface area contributed by atoms with E-state index in [2.05, 4.69) is 31.6 Å². The summed E-state index contributed by atoms with van der Waals surface area (Å²) in [6, 6.07) is 6.96. The summed E-state index contributed by atoms with van der Waals surface area (Å²) >= 11 is 3.16. The molecule has 3 aliphatic heterocycles. The Hall–Kier alpha value is -3.85. The maximum atomic E-state index is 12.6. The van der Waals surface area contributed by atoms with Gasteiger partial charge in [0.2, 0.25) is 17.7 Å². The van der Waals surface area contributed by atoms with Crippen molar-refractivity contribution >= 4 is 63.8 Å². The Kier molecular flexibility index (Phi) is 11.7. The lowest BCUT2D eigenvalue weighted by Gasteiger charge is -2.19. The zero-order valence-corrected chi connectivity index (χ0v) is 27.2. The molecule has 3 aliphatic rings. The van der Waals surface area contributed by atoms with E-state index in [1.807, 2.05) is 29.3 Å². The van der Waals surface area contributed by atoms with E-state index < -0.39 is 12.1 Å². The number of carbonyl (C=O) groups excluding carboxylic acids is 4. The highest BCUT2D eigenvalue weighted by Crippen LogP contribution is 2.33. The highest BCUT2D eigenvalue weighted by molar-refractivity contribution is 8.00. The lowest BCUT2D eigenvalue weighted by atomic mass is 10.0. The molecule has 0 bridgehead atoms. The molecule has 0 spiro atoms. The van der Waals surface area contributed by atoms with Crippen LogP contribution >= 0.6 is 23.1 Å². The standard InChI is InChI=1S/C31H41N7O6S2/c39-25(9-4-3-8-24-27-22(18-45-24)34-29(42)36-27)32-15-5-1-2-10-26(40)33-20-13-11-19(12-14-20)21-17-46-30(35-21)37-28(41)23-7-6-16-38(23)31(43)44/h11-14,17,22-24,27H,1-10,15-16,18H2,(H,32,39)(H,33,40)(H,43,44)(H2,34,36,42)(H,35,37,41). The van der Waals surface area contributed by atoms with Gasteiger partial charge in [-0.25, -0.2) is 14.6 Å². The molecule has 13 nitrogen and oxygen atoms in total. The fourth-order valence-electron chi connectivity index (χ4n) is 6.05. The molecule has 5 rings (SSSR count). The van der Waals surface area contributed by atoms with Gasteiger partial charge in [-0.15, -0.1) is 11.3 Å². The summed E-state index contributed by atoms with van der Waals surface area (Å²) in [5.41, 5.74) is 2.18. The van der Waals surface area contributed by atoms with Crippen molar-refractivity contribution in [2.45, 2.75) is 87.6 Å². The number of hydrogen-bond acceptors (Lipinski definition) is 8. The zero-order valence-electron chi connectivity index (χ0n) is 25.6. The number of carboxylic acid groups (broad SMARTS) is 1. The third kappa shape index (κ3) is 9.12. The summed E-state index contributed by atoms with van der Waals surface area (Å²) < 4.78 is 0. The molecule has 0 saturated carbocycles. The molecule has 2 aromatic rings. The number of amides is 6. The second-order valence-electron chi connectivity index (χ2n) is 11.8. The Balaban J connectivity index is 0.911. The number of carbonyl (C=O) groups is 5. The lowest BCUT2D eigenvalue weighted by molar-refractivity contribution is -0.121. The van der Waals surface area contributed by atoms with Crippen LogP contribution in [0, 0.1) is 0 Å². The normalized spacial score (nSPS) is 21.7. The molecular formula is C31H41N7O6S2. The van der Waals surface area contributed by atoms with Crippen LogP contribution in [-0.2, 0) is 14.4 Å². The first-order valence-electron chi connectivity index (χ1n) is 15.9. The molecule has 4 atom stereocenters. The summed E-state index contributed by atoms with van der Waals surface area (Å²) in [7, 11) is 0. The zero-order chi connectivity index (χ0) is 32.5. The monoisotopic (exact) mass is 671 g/mol. The minimum atomic E-state index is -1.10. The number of benzene rings is 1. The third-order valence-corrected chi connectivity index (χ3v) is 10.7. The molecule has 248 valence electrons. The van der Waals surface area contributed by atoms with Gasteiger partial charge >= 0.3 is 12.1 Å². The minimum absolute atomic E-state index is 0.0590. The van der Waals surface area contributed by atoms with Crippen molar-refractivity contribution < 1.29 is 29.1 Å². The molecule has 0 aliphatic carbocycles. The van der Waals surface area contributed by atoms with Crippen LogP contribution in [0.2, 0.25) is 0 Å². The molecule has 3 saturated heterocycles. The second-order valence-corrected chi connectivity index (χ2v) is 13.9. The van der Waals surface area contributed by atoms with E-state index in [4.69, 9.17) is 0 Å². The third-order valence-electron chi connectivity index (χ3n) is 8.48. The molecule has 6 amide bonds. The summed E-state index contributed by atoms with van der Waals surface area (Å²) in [4.78, 5) is 65.6. The van der Waals surface area contributed by atoms with Crippen molar-refractivity contribution in [2.24, 2.45) is 0 Å². The Bertz CT molecular complexity index is 1400. The number of urea groups is 1. The second kappa shape index (κ2) is 16.1. The van der Waals surface area contributed by atoms with Crippen molar-refractivity contribution in [2.75, 3.05) is 29.5 Å². The van der Waals surface area contributed by atoms with E-state index in [-0.39, 0.29) is 35.8 Å². The summed E-state index contributed by atoms with van der Waals surface area (Å²) in [6.07, 6.45) is 6.13. The number of hydrogen-bond donors (Lipinski definition) is 6. The van der Waals surface area contributed by atoms with Crippen LogP contribution < -0.4 is 26.6 Å². The Morgan fingerprint density at radius 2 is 1.76 bits per heavy atom. The molecule has 46 heavy (non-hydrogen) atoms. The summed E-state index contributed by atoms with van der Waals surface area (Å²) in [5, 5.41) is 26.5. The van der Waals surface area contributed by atoms with Crippen molar-refractivity contribution in [3.63, 3.8) is 0 Å². The average Bonchev–Trinajstić information content (AvgIpc) is 3.83. The van der Waals surface area contributed by atoms with E-state index in [0.29, 0.717) is 60.5 Å². The van der Waals surface area contributed by atoms with Crippen LogP contribution in [0.15, 0.2) is 29.6 Å². The summed E-state index contributed by atoms with van der Waals surface area (Å²) in [5.74, 6) is 0.562. The SMILES string of the molecule is O=C(CCCCC1SCC2NC(=O)NC21)NCCCCCC(=O)Nc1ccc(-c2csc(NC(=O)C3CCCN3C(=O)O)n2)cc1. The van der Waals surface area contributed by atoms with Crippen LogP contribution in [0.4, 0.5) is 20.4 Å². The molecule has 6 N–H and O–H groups in total. The van der Waals surface area contributed by atoms with Gasteiger partial charge in [0.1, 0.15) is 6.04 Å². The molecule has 3 fully saturated rings. The summed E-state index contributed by atoms with van der Waals surface area (Å²) in [6.45, 7) is 0.954. The van der Waals surface area contributed by atoms with Crippen molar-refractivity contribution in [3.05, 3.63) is 29.6 Å². The molecule has 1 aromatic heterocycles. The number of nitrogens with one attached hydrogen (secondary N) is 5. The van der Waals surface area contributed by atoms with Gasteiger partial charge in [-0.3, -0.25) is 19.3 Å². The first-order valence-corrected chi connectivity index (χ1v) is 17.8. The van der Waals surface area contributed by atoms with E-state index in [0.717, 1.165) is 54.7 Å². The number of fused-ring (bicyclic) bond motifs is 1. The van der Waals surface area contributed by atoms with Crippen LogP contribution in [-0.4, -0.2) is 87.1 Å². The van der Waals surface area contributed by atoms with Gasteiger partial charge in [-0.2, -0.15) is 11.8 Å². The molecule has 4 unspecified atom stereocenters. The largest absolute Gasteiger partial charge is 0.465 e. The van der Waals surface area contributed by atoms with Gasteiger partial charge in [0.15, 0.2) is 5.13 Å². The van der Waals surface area contributed by atoms with Gasteiger partial charge in [0.05, 0.1) is 17.8 Å². The van der Waals surface area contributed by atoms with E-state index in [1.54, 1.807) is 12.1 Å². The van der Waals surface area contributed by atoms with Crippen LogP contribution in [0.3, 0.4) is 0 Å². The highest BCUT2D eigenvalue weighted by atomic mass is 32.2. The number of anilines is 2. The minimum Gasteiger partial charge on any atom is -0.465 e. The number of aromatic nitrogens is 1. The topological polar surface area (TPSA) is 182 Å². The number of thiazole rings is 1. The van der Waals surface area contributed by atoms with Gasteiger partial charge in [0, 0.05) is 53.6 Å². The van der Waals surface area contributed by atoms with Crippen LogP contribution in [0.5, 0.6) is 0 Å². The smallest absolute Gasteiger partial charge is 0.407 e. The molecule has 4 heterocycles. The molecule has 15 heteroatoms. The average molecular weight is 672 g/mol. The van der Waals surface area contributed by atoms with Crippen molar-refractivity contribution in [1.82, 2.24) is 25.8 Å². The Labute approximate surface area is 276 Å². The number of nitrogens with zero attached hydrogens (tertiary/aromatic N) is 2. The Morgan fingerprint density at radius 3 is 2.57 bits per heavy atom.